The van der Waals surface area contributed by atoms with Crippen molar-refractivity contribution in [3.05, 3.63) is 136 Å². The lowest BCUT2D eigenvalue weighted by Crippen LogP contribution is -2.51. The van der Waals surface area contributed by atoms with Gasteiger partial charge in [-0.1, -0.05) is 102 Å². The molecule has 0 aliphatic carbocycles. The molecule has 1 saturated heterocycles. The summed E-state index contributed by atoms with van der Waals surface area (Å²) < 4.78 is 0. The van der Waals surface area contributed by atoms with Gasteiger partial charge in [0.25, 0.3) is 0 Å². The number of hydrogen-bond donors (Lipinski definition) is 1. The quantitative estimate of drug-likeness (QED) is 0.298. The minimum absolute atomic E-state index is 0.252. The Labute approximate surface area is 237 Å². The van der Waals surface area contributed by atoms with Crippen molar-refractivity contribution in [2.24, 2.45) is 5.92 Å². The molecule has 3 aliphatic heterocycles. The van der Waals surface area contributed by atoms with Crippen molar-refractivity contribution in [2.45, 2.75) is 24.4 Å². The summed E-state index contributed by atoms with van der Waals surface area (Å²) in [5.41, 5.74) is 3.55. The smallest absolute Gasteiger partial charge is 0.238 e. The Hall–Kier alpha value is -4.48. The highest BCUT2D eigenvalue weighted by atomic mass is 35.5. The number of rotatable bonds is 4. The normalized spacial score (nSPS) is 23.9. The van der Waals surface area contributed by atoms with Crippen LogP contribution in [0.3, 0.4) is 0 Å². The maximum absolute atomic E-state index is 14.7. The molecular formula is C34H25ClN2O3. The zero-order valence-electron chi connectivity index (χ0n) is 21.7. The van der Waals surface area contributed by atoms with E-state index in [-0.39, 0.29) is 17.5 Å². The third-order valence-corrected chi connectivity index (χ3v) is 8.90. The van der Waals surface area contributed by atoms with Crippen molar-refractivity contribution >= 4 is 46.5 Å². The first-order valence-corrected chi connectivity index (χ1v) is 13.7. The Morgan fingerprint density at radius 3 is 2.35 bits per heavy atom. The van der Waals surface area contributed by atoms with Crippen molar-refractivity contribution in [3.63, 3.8) is 0 Å². The van der Waals surface area contributed by atoms with Crippen LogP contribution < -0.4 is 10.2 Å². The monoisotopic (exact) mass is 544 g/mol. The molecule has 196 valence electrons. The molecule has 0 bridgehead atoms. The number of para-hydroxylation sites is 2. The van der Waals surface area contributed by atoms with Crippen molar-refractivity contribution in [3.8, 4) is 0 Å². The molecule has 0 saturated carbocycles. The average molecular weight is 545 g/mol. The van der Waals surface area contributed by atoms with Gasteiger partial charge >= 0.3 is 0 Å². The molecule has 1 spiro atoms. The van der Waals surface area contributed by atoms with Gasteiger partial charge in [-0.25, -0.2) is 0 Å². The van der Waals surface area contributed by atoms with Crippen LogP contribution in [0.4, 0.5) is 11.4 Å². The van der Waals surface area contributed by atoms with Gasteiger partial charge < -0.3 is 10.2 Å². The second kappa shape index (κ2) is 9.04. The lowest BCUT2D eigenvalue weighted by molar-refractivity contribution is -0.121. The Morgan fingerprint density at radius 2 is 1.55 bits per heavy atom. The molecule has 1 amide bonds. The number of ketones is 2. The van der Waals surface area contributed by atoms with Crippen LogP contribution >= 0.6 is 11.6 Å². The standard InChI is InChI=1S/C34H25ClN2O3/c1-20-14-16-22(17-15-20)31(38)29-30(32(39)23-9-3-5-11-25(23)35)37-27-13-7-2-8-21(27)18-19-28(37)34(29)24-10-4-6-12-26(24)36-33(34)40/h2-19,28-30H,1H3,(H,36,40)/t28-,29+,30-,34+/m1/s1. The van der Waals surface area contributed by atoms with E-state index < -0.39 is 23.4 Å². The molecule has 5 nitrogen and oxygen atoms in total. The molecular weight excluding hydrogens is 520 g/mol. The largest absolute Gasteiger partial charge is 0.352 e. The van der Waals surface area contributed by atoms with E-state index >= 15 is 0 Å². The molecule has 3 heterocycles. The Bertz CT molecular complexity index is 1740. The molecule has 4 aromatic rings. The molecule has 4 atom stereocenters. The molecule has 0 unspecified atom stereocenters. The van der Waals surface area contributed by atoms with Gasteiger partial charge in [0.05, 0.1) is 17.0 Å². The highest BCUT2D eigenvalue weighted by molar-refractivity contribution is 6.34. The first kappa shape index (κ1) is 24.6. The Kier molecular flexibility index (Phi) is 5.55. The van der Waals surface area contributed by atoms with Crippen LogP contribution in [0.25, 0.3) is 6.08 Å². The minimum atomic E-state index is -1.34. The molecule has 0 aromatic heterocycles. The van der Waals surface area contributed by atoms with Crippen LogP contribution in [0.1, 0.15) is 37.4 Å². The number of anilines is 2. The molecule has 4 aromatic carbocycles. The number of nitrogens with zero attached hydrogens (tertiary/aromatic N) is 1. The number of hydrogen-bond acceptors (Lipinski definition) is 4. The first-order chi connectivity index (χ1) is 19.4. The van der Waals surface area contributed by atoms with Crippen LogP contribution in [0, 0.1) is 12.8 Å². The number of halogens is 1. The summed E-state index contributed by atoms with van der Waals surface area (Å²) >= 11 is 6.58. The van der Waals surface area contributed by atoms with E-state index in [9.17, 15) is 14.4 Å². The lowest BCUT2D eigenvalue weighted by atomic mass is 9.64. The number of Topliss-reactive ketones (excluding diaryl/α,β-unsaturated/α-hetero) is 2. The molecule has 6 heteroatoms. The van der Waals surface area contributed by atoms with Gasteiger partial charge in [0.2, 0.25) is 5.91 Å². The number of fused-ring (bicyclic) bond motifs is 6. The zero-order valence-corrected chi connectivity index (χ0v) is 22.4. The zero-order chi connectivity index (χ0) is 27.6. The van der Waals surface area contributed by atoms with E-state index in [1.54, 1.807) is 36.4 Å². The second-order valence-electron chi connectivity index (χ2n) is 10.6. The number of benzene rings is 4. The lowest BCUT2D eigenvalue weighted by Gasteiger charge is -2.37. The highest BCUT2D eigenvalue weighted by Gasteiger charge is 2.70. The summed E-state index contributed by atoms with van der Waals surface area (Å²) in [4.78, 5) is 45.7. The van der Waals surface area contributed by atoms with Gasteiger partial charge in [-0.3, -0.25) is 14.4 Å². The predicted molar refractivity (Wildman–Crippen MR) is 157 cm³/mol. The van der Waals surface area contributed by atoms with Crippen LogP contribution in [0.15, 0.2) is 103 Å². The van der Waals surface area contributed by atoms with E-state index in [2.05, 4.69) is 5.32 Å². The van der Waals surface area contributed by atoms with E-state index in [1.807, 2.05) is 84.6 Å². The van der Waals surface area contributed by atoms with Crippen molar-refractivity contribution in [1.29, 1.82) is 0 Å². The fraction of sp³-hybridized carbons (Fsp3) is 0.147. The third-order valence-electron chi connectivity index (χ3n) is 8.57. The van der Waals surface area contributed by atoms with E-state index in [4.69, 9.17) is 11.6 Å². The molecule has 3 aliphatic rings. The second-order valence-corrected chi connectivity index (χ2v) is 11.0. The molecule has 7 rings (SSSR count). The summed E-state index contributed by atoms with van der Waals surface area (Å²) in [7, 11) is 0. The highest BCUT2D eigenvalue weighted by Crippen LogP contribution is 2.58. The van der Waals surface area contributed by atoms with Gasteiger partial charge in [-0.2, -0.15) is 0 Å². The van der Waals surface area contributed by atoms with Crippen molar-refractivity contribution < 1.29 is 14.4 Å². The SMILES string of the molecule is Cc1ccc(C(=O)[C@@H]2[C@H](C(=O)c3ccccc3Cl)N3c4ccccc4C=C[C@@H]3[C@]23C(=O)Nc2ccccc23)cc1. The molecule has 1 N–H and O–H groups in total. The van der Waals surface area contributed by atoms with E-state index in [1.165, 1.54) is 0 Å². The fourth-order valence-corrected chi connectivity index (χ4v) is 7.07. The number of nitrogens with one attached hydrogen (secondary N) is 1. The summed E-state index contributed by atoms with van der Waals surface area (Å²) in [6.45, 7) is 1.96. The average Bonchev–Trinajstić information content (AvgIpc) is 3.45. The van der Waals surface area contributed by atoms with Crippen molar-refractivity contribution in [1.82, 2.24) is 0 Å². The minimum Gasteiger partial charge on any atom is -0.352 e. The van der Waals surface area contributed by atoms with Crippen LogP contribution in [0.5, 0.6) is 0 Å². The van der Waals surface area contributed by atoms with Gasteiger partial charge in [0.15, 0.2) is 11.6 Å². The summed E-state index contributed by atoms with van der Waals surface area (Å²) in [6.07, 6.45) is 3.96. The molecule has 0 radical (unpaired) electrons. The van der Waals surface area contributed by atoms with Gasteiger partial charge in [0, 0.05) is 22.5 Å². The van der Waals surface area contributed by atoms with Crippen LogP contribution in [-0.4, -0.2) is 29.6 Å². The van der Waals surface area contributed by atoms with Gasteiger partial charge in [0.1, 0.15) is 11.5 Å². The Balaban J connectivity index is 1.55. The van der Waals surface area contributed by atoms with Gasteiger partial charge in [-0.05, 0) is 42.3 Å². The van der Waals surface area contributed by atoms with Crippen molar-refractivity contribution in [2.75, 3.05) is 10.2 Å². The first-order valence-electron chi connectivity index (χ1n) is 13.3. The van der Waals surface area contributed by atoms with Gasteiger partial charge in [-0.15, -0.1) is 0 Å². The van der Waals surface area contributed by atoms with Crippen LogP contribution in [-0.2, 0) is 10.2 Å². The maximum Gasteiger partial charge on any atom is 0.238 e. The fourth-order valence-electron chi connectivity index (χ4n) is 6.84. The number of carbonyl (C=O) groups excluding carboxylic acids is 3. The van der Waals surface area contributed by atoms with E-state index in [0.717, 1.165) is 22.4 Å². The third kappa shape index (κ3) is 3.31. The summed E-state index contributed by atoms with van der Waals surface area (Å²) in [5.74, 6) is -1.85. The predicted octanol–water partition coefficient (Wildman–Crippen LogP) is 6.50. The topological polar surface area (TPSA) is 66.5 Å². The van der Waals surface area contributed by atoms with E-state index in [0.29, 0.717) is 21.8 Å². The van der Waals surface area contributed by atoms with Crippen LogP contribution in [0.2, 0.25) is 5.02 Å². The number of amides is 1. The summed E-state index contributed by atoms with van der Waals surface area (Å²) in [6, 6.07) is 27.9. The molecule has 40 heavy (non-hydrogen) atoms. The number of carbonyl (C=O) groups is 3. The molecule has 1 fully saturated rings. The number of aryl methyl sites for hydroxylation is 1. The summed E-state index contributed by atoms with van der Waals surface area (Å²) in [5, 5.41) is 3.36. The maximum atomic E-state index is 14.7. The Morgan fingerprint density at radius 1 is 0.850 bits per heavy atom.